The highest BCUT2D eigenvalue weighted by Crippen LogP contribution is 2.20. The highest BCUT2D eigenvalue weighted by Gasteiger charge is 2.25. The molecule has 2 aromatic rings. The average molecular weight is 404 g/mol. The number of rotatable bonds is 9. The lowest BCUT2D eigenvalue weighted by atomic mass is 10.0. The molecule has 0 bridgehead atoms. The van der Waals surface area contributed by atoms with Gasteiger partial charge in [-0.2, -0.15) is 8.42 Å². The zero-order valence-electron chi connectivity index (χ0n) is 16.4. The van der Waals surface area contributed by atoms with Gasteiger partial charge < -0.3 is 4.74 Å². The van der Waals surface area contributed by atoms with Crippen LogP contribution in [0.2, 0.25) is 0 Å². The van der Waals surface area contributed by atoms with E-state index in [2.05, 4.69) is 17.9 Å². The largest absolute Gasteiger partial charge is 0.494 e. The van der Waals surface area contributed by atoms with Gasteiger partial charge in [-0.3, -0.25) is 9.08 Å². The van der Waals surface area contributed by atoms with Crippen LogP contribution in [0.15, 0.2) is 59.5 Å². The number of hydrogen-bond donors (Lipinski definition) is 0. The van der Waals surface area contributed by atoms with E-state index < -0.39 is 10.1 Å². The molecule has 0 N–H and O–H groups in total. The summed E-state index contributed by atoms with van der Waals surface area (Å²) in [6, 6.07) is 16.5. The summed E-state index contributed by atoms with van der Waals surface area (Å²) in [5.74, 6) is 0.896. The van der Waals surface area contributed by atoms with Crippen LogP contribution in [-0.2, 0) is 14.3 Å². The summed E-state index contributed by atoms with van der Waals surface area (Å²) in [6.45, 7) is 4.76. The van der Waals surface area contributed by atoms with Crippen LogP contribution in [0.25, 0.3) is 0 Å². The minimum atomic E-state index is -3.70. The molecule has 0 aromatic heterocycles. The topological polar surface area (TPSA) is 55.8 Å². The van der Waals surface area contributed by atoms with E-state index in [4.69, 9.17) is 8.92 Å². The lowest BCUT2D eigenvalue weighted by Crippen LogP contribution is -2.43. The number of nitrogens with zero attached hydrogens (tertiary/aromatic N) is 1. The van der Waals surface area contributed by atoms with Gasteiger partial charge in [-0.05, 0) is 62.6 Å². The SMILES string of the molecule is Cc1cccc(OCCCN2CCCCC2COS(=O)(=O)c2ccccc2)c1. The molecule has 28 heavy (non-hydrogen) atoms. The molecule has 2 aromatic carbocycles. The van der Waals surface area contributed by atoms with Crippen molar-refractivity contribution < 1.29 is 17.3 Å². The van der Waals surface area contributed by atoms with Gasteiger partial charge in [0, 0.05) is 12.6 Å². The Balaban J connectivity index is 1.47. The molecular weight excluding hydrogens is 374 g/mol. The van der Waals surface area contributed by atoms with Crippen molar-refractivity contribution in [2.75, 3.05) is 26.3 Å². The van der Waals surface area contributed by atoms with Crippen molar-refractivity contribution in [2.45, 2.75) is 43.5 Å². The van der Waals surface area contributed by atoms with E-state index in [0.717, 1.165) is 44.5 Å². The predicted octanol–water partition coefficient (Wildman–Crippen LogP) is 4.02. The number of benzene rings is 2. The minimum Gasteiger partial charge on any atom is -0.494 e. The van der Waals surface area contributed by atoms with Crippen LogP contribution in [0, 0.1) is 6.92 Å². The Morgan fingerprint density at radius 2 is 1.89 bits per heavy atom. The Kier molecular flexibility index (Phi) is 7.48. The van der Waals surface area contributed by atoms with Crippen molar-refractivity contribution in [1.82, 2.24) is 4.90 Å². The molecule has 5 nitrogen and oxygen atoms in total. The molecule has 0 radical (unpaired) electrons. The van der Waals surface area contributed by atoms with Crippen molar-refractivity contribution in [3.8, 4) is 5.75 Å². The lowest BCUT2D eigenvalue weighted by Gasteiger charge is -2.35. The summed E-state index contributed by atoms with van der Waals surface area (Å²) in [7, 11) is -3.70. The van der Waals surface area contributed by atoms with Gasteiger partial charge in [0.05, 0.1) is 18.1 Å². The summed E-state index contributed by atoms with van der Waals surface area (Å²) in [5.41, 5.74) is 1.19. The van der Waals surface area contributed by atoms with Crippen molar-refractivity contribution in [3.63, 3.8) is 0 Å². The Hall–Kier alpha value is -1.89. The van der Waals surface area contributed by atoms with Crippen LogP contribution < -0.4 is 4.74 Å². The summed E-state index contributed by atoms with van der Waals surface area (Å²) in [5, 5.41) is 0. The van der Waals surface area contributed by atoms with Crippen molar-refractivity contribution in [1.29, 1.82) is 0 Å². The standard InChI is InChI=1S/C22H29NO4S/c1-19-9-7-11-21(17-19)26-16-8-15-23-14-6-5-10-20(23)18-27-28(24,25)22-12-3-2-4-13-22/h2-4,7,9,11-13,17,20H,5-6,8,10,14-16,18H2,1H3. The zero-order valence-corrected chi connectivity index (χ0v) is 17.2. The second-order valence-electron chi connectivity index (χ2n) is 7.26. The van der Waals surface area contributed by atoms with Crippen molar-refractivity contribution in [2.24, 2.45) is 0 Å². The molecule has 0 aliphatic carbocycles. The van der Waals surface area contributed by atoms with Crippen LogP contribution in [0.5, 0.6) is 5.75 Å². The third-order valence-corrected chi connectivity index (χ3v) is 6.34. The first-order valence-electron chi connectivity index (χ1n) is 9.92. The molecule has 152 valence electrons. The first-order valence-corrected chi connectivity index (χ1v) is 11.3. The molecular formula is C22H29NO4S. The fraction of sp³-hybridized carbons (Fsp3) is 0.455. The van der Waals surface area contributed by atoms with E-state index in [-0.39, 0.29) is 17.5 Å². The molecule has 1 aliphatic rings. The number of likely N-dealkylation sites (tertiary alicyclic amines) is 1. The molecule has 1 fully saturated rings. The maximum atomic E-state index is 12.4. The molecule has 1 saturated heterocycles. The second kappa shape index (κ2) is 10.0. The smallest absolute Gasteiger partial charge is 0.297 e. The number of aryl methyl sites for hydroxylation is 1. The molecule has 3 rings (SSSR count). The van der Waals surface area contributed by atoms with Crippen LogP contribution in [-0.4, -0.2) is 45.7 Å². The van der Waals surface area contributed by atoms with Gasteiger partial charge >= 0.3 is 0 Å². The zero-order chi connectivity index (χ0) is 19.8. The molecule has 0 spiro atoms. The Morgan fingerprint density at radius 3 is 2.68 bits per heavy atom. The minimum absolute atomic E-state index is 0.131. The molecule has 1 heterocycles. The van der Waals surface area contributed by atoms with Crippen LogP contribution >= 0.6 is 0 Å². The molecule has 0 amide bonds. The first-order chi connectivity index (χ1) is 13.5. The Bertz CT molecular complexity index is 839. The monoisotopic (exact) mass is 403 g/mol. The van der Waals surface area contributed by atoms with Crippen molar-refractivity contribution in [3.05, 3.63) is 60.2 Å². The van der Waals surface area contributed by atoms with Crippen LogP contribution in [0.3, 0.4) is 0 Å². The van der Waals surface area contributed by atoms with Gasteiger partial charge in [0.25, 0.3) is 10.1 Å². The summed E-state index contributed by atoms with van der Waals surface area (Å²) < 4.78 is 35.9. The quantitative estimate of drug-likeness (QED) is 0.467. The van der Waals surface area contributed by atoms with E-state index in [0.29, 0.717) is 6.61 Å². The van der Waals surface area contributed by atoms with E-state index in [1.54, 1.807) is 30.3 Å². The highest BCUT2D eigenvalue weighted by atomic mass is 32.2. The molecule has 1 unspecified atom stereocenters. The van der Waals surface area contributed by atoms with Crippen LogP contribution in [0.4, 0.5) is 0 Å². The molecule has 1 atom stereocenters. The fourth-order valence-electron chi connectivity index (χ4n) is 3.53. The van der Waals surface area contributed by atoms with Gasteiger partial charge in [-0.15, -0.1) is 0 Å². The Morgan fingerprint density at radius 1 is 1.07 bits per heavy atom. The molecule has 6 heteroatoms. The van der Waals surface area contributed by atoms with E-state index in [1.165, 1.54) is 5.56 Å². The van der Waals surface area contributed by atoms with E-state index in [1.807, 2.05) is 18.2 Å². The average Bonchev–Trinajstić information content (AvgIpc) is 2.71. The maximum absolute atomic E-state index is 12.4. The second-order valence-corrected chi connectivity index (χ2v) is 8.87. The van der Waals surface area contributed by atoms with Gasteiger partial charge in [0.2, 0.25) is 0 Å². The third-order valence-electron chi connectivity index (χ3n) is 5.04. The molecule has 1 aliphatic heterocycles. The van der Waals surface area contributed by atoms with Crippen LogP contribution in [0.1, 0.15) is 31.2 Å². The predicted molar refractivity (Wildman–Crippen MR) is 110 cm³/mol. The number of hydrogen-bond acceptors (Lipinski definition) is 5. The van der Waals surface area contributed by atoms with Gasteiger partial charge in [-0.25, -0.2) is 0 Å². The lowest BCUT2D eigenvalue weighted by molar-refractivity contribution is 0.0962. The Labute approximate surface area is 168 Å². The van der Waals surface area contributed by atoms with Crippen molar-refractivity contribution >= 4 is 10.1 Å². The third kappa shape index (κ3) is 6.06. The first kappa shape index (κ1) is 20.8. The number of piperidine rings is 1. The summed E-state index contributed by atoms with van der Waals surface area (Å²) >= 11 is 0. The van der Waals surface area contributed by atoms with E-state index >= 15 is 0 Å². The summed E-state index contributed by atoms with van der Waals surface area (Å²) in [6.07, 6.45) is 4.11. The van der Waals surface area contributed by atoms with Gasteiger partial charge in [0.1, 0.15) is 5.75 Å². The van der Waals surface area contributed by atoms with Gasteiger partial charge in [0.15, 0.2) is 0 Å². The normalized spacial score (nSPS) is 18.1. The molecule has 0 saturated carbocycles. The van der Waals surface area contributed by atoms with Gasteiger partial charge in [-0.1, -0.05) is 36.8 Å². The fourth-order valence-corrected chi connectivity index (χ4v) is 4.49. The maximum Gasteiger partial charge on any atom is 0.297 e. The highest BCUT2D eigenvalue weighted by molar-refractivity contribution is 7.86. The number of ether oxygens (including phenoxy) is 1. The summed E-state index contributed by atoms with van der Waals surface area (Å²) in [4.78, 5) is 2.55. The van der Waals surface area contributed by atoms with E-state index in [9.17, 15) is 8.42 Å².